The first-order chi connectivity index (χ1) is 9.66. The maximum Gasteiger partial charge on any atom is 0.331 e. The van der Waals surface area contributed by atoms with Crippen LogP contribution in [0.1, 0.15) is 25.5 Å². The van der Waals surface area contributed by atoms with Crippen molar-refractivity contribution >= 4 is 17.1 Å². The molecule has 3 rings (SSSR count). The van der Waals surface area contributed by atoms with Gasteiger partial charge in [-0.25, -0.2) is 19.7 Å². The van der Waals surface area contributed by atoms with Crippen molar-refractivity contribution in [1.29, 1.82) is 0 Å². The molecular formula is C14H14N4O2. The normalized spacial score (nSPS) is 21.9. The fraction of sp³-hybridized carbons (Fsp3) is 0.286. The zero-order chi connectivity index (χ0) is 14.2. The molecule has 2 aromatic heterocycles. The maximum atomic E-state index is 11.2. The Morgan fingerprint density at radius 1 is 1.45 bits per heavy atom. The Hall–Kier alpha value is -2.50. The summed E-state index contributed by atoms with van der Waals surface area (Å²) in [5.41, 5.74) is 2.12. The van der Waals surface area contributed by atoms with Crippen LogP contribution in [-0.2, 0) is 10.2 Å². The summed E-state index contributed by atoms with van der Waals surface area (Å²) >= 11 is 0. The minimum absolute atomic E-state index is 0.389. The molecule has 102 valence electrons. The van der Waals surface area contributed by atoms with Crippen molar-refractivity contribution in [2.75, 3.05) is 0 Å². The van der Waals surface area contributed by atoms with Gasteiger partial charge in [0, 0.05) is 11.0 Å². The van der Waals surface area contributed by atoms with E-state index < -0.39 is 11.4 Å². The molecule has 0 saturated carbocycles. The van der Waals surface area contributed by atoms with Crippen molar-refractivity contribution in [3.05, 3.63) is 42.1 Å². The fourth-order valence-corrected chi connectivity index (χ4v) is 2.67. The van der Waals surface area contributed by atoms with Crippen molar-refractivity contribution in [3.63, 3.8) is 0 Å². The van der Waals surface area contributed by atoms with Crippen LogP contribution in [0.4, 0.5) is 0 Å². The first-order valence-electron chi connectivity index (χ1n) is 6.42. The van der Waals surface area contributed by atoms with Gasteiger partial charge in [-0.15, -0.1) is 0 Å². The Balaban J connectivity index is 2.15. The number of carbonyl (C=O) groups is 1. The number of carboxylic acids is 1. The summed E-state index contributed by atoms with van der Waals surface area (Å²) in [6.45, 7) is 2.03. The fourth-order valence-electron chi connectivity index (χ4n) is 2.67. The molecule has 6 nitrogen and oxygen atoms in total. The lowest BCUT2D eigenvalue weighted by molar-refractivity contribution is -0.133. The SMILES string of the molecule is CCC1(c2ncnc3nc[nH]c23)C=CC=C(C(=O)O)C1. The Bertz CT molecular complexity index is 732. The van der Waals surface area contributed by atoms with E-state index in [4.69, 9.17) is 0 Å². The number of rotatable bonds is 3. The van der Waals surface area contributed by atoms with Gasteiger partial charge < -0.3 is 10.1 Å². The average Bonchev–Trinajstić information content (AvgIpc) is 2.95. The third kappa shape index (κ3) is 1.80. The van der Waals surface area contributed by atoms with Gasteiger partial charge in [0.1, 0.15) is 11.8 Å². The number of nitrogens with zero attached hydrogens (tertiary/aromatic N) is 3. The molecule has 0 bridgehead atoms. The first kappa shape index (κ1) is 12.5. The summed E-state index contributed by atoms with van der Waals surface area (Å²) in [5.74, 6) is -0.887. The van der Waals surface area contributed by atoms with Gasteiger partial charge in [0.2, 0.25) is 0 Å². The van der Waals surface area contributed by atoms with Gasteiger partial charge in [0.15, 0.2) is 5.65 Å². The van der Waals surface area contributed by atoms with Gasteiger partial charge in [-0.1, -0.05) is 25.2 Å². The zero-order valence-corrected chi connectivity index (χ0v) is 11.0. The van der Waals surface area contributed by atoms with Crippen molar-refractivity contribution in [2.24, 2.45) is 0 Å². The van der Waals surface area contributed by atoms with Gasteiger partial charge in [0.25, 0.3) is 0 Å². The molecule has 2 aromatic rings. The third-order valence-electron chi connectivity index (χ3n) is 3.82. The molecule has 0 spiro atoms. The van der Waals surface area contributed by atoms with Gasteiger partial charge in [-0.05, 0) is 12.8 Å². The molecule has 1 aliphatic rings. The molecule has 1 aliphatic carbocycles. The summed E-state index contributed by atoms with van der Waals surface area (Å²) in [4.78, 5) is 26.9. The summed E-state index contributed by atoms with van der Waals surface area (Å²) in [7, 11) is 0. The summed E-state index contributed by atoms with van der Waals surface area (Å²) in [6.07, 6.45) is 9.67. The third-order valence-corrected chi connectivity index (χ3v) is 3.82. The minimum atomic E-state index is -0.887. The maximum absolute atomic E-state index is 11.2. The number of aromatic nitrogens is 4. The van der Waals surface area contributed by atoms with Gasteiger partial charge in [0.05, 0.1) is 12.0 Å². The second kappa shape index (κ2) is 4.56. The largest absolute Gasteiger partial charge is 0.478 e. The second-order valence-electron chi connectivity index (χ2n) is 4.87. The summed E-state index contributed by atoms with van der Waals surface area (Å²) in [5, 5.41) is 9.23. The van der Waals surface area contributed by atoms with Crippen molar-refractivity contribution in [2.45, 2.75) is 25.2 Å². The molecule has 0 aromatic carbocycles. The van der Waals surface area contributed by atoms with Gasteiger partial charge >= 0.3 is 5.97 Å². The molecule has 2 heterocycles. The quantitative estimate of drug-likeness (QED) is 0.889. The highest BCUT2D eigenvalue weighted by molar-refractivity contribution is 5.88. The number of hydrogen-bond acceptors (Lipinski definition) is 4. The number of carboxylic acid groups (broad SMARTS) is 1. The van der Waals surface area contributed by atoms with E-state index in [0.717, 1.165) is 17.6 Å². The number of H-pyrrole nitrogens is 1. The number of fused-ring (bicyclic) bond motifs is 1. The zero-order valence-electron chi connectivity index (χ0n) is 11.0. The van der Waals surface area contributed by atoms with Crippen LogP contribution in [0.2, 0.25) is 0 Å². The van der Waals surface area contributed by atoms with E-state index in [1.165, 1.54) is 6.33 Å². The van der Waals surface area contributed by atoms with Crippen LogP contribution < -0.4 is 0 Å². The minimum Gasteiger partial charge on any atom is -0.478 e. The van der Waals surface area contributed by atoms with Crippen molar-refractivity contribution in [1.82, 2.24) is 19.9 Å². The van der Waals surface area contributed by atoms with E-state index >= 15 is 0 Å². The van der Waals surface area contributed by atoms with E-state index in [2.05, 4.69) is 19.9 Å². The number of aromatic amines is 1. The number of allylic oxidation sites excluding steroid dienone is 3. The predicted octanol–water partition coefficient (Wildman–Crippen LogP) is 1.97. The van der Waals surface area contributed by atoms with Gasteiger partial charge in [-0.3, -0.25) is 0 Å². The van der Waals surface area contributed by atoms with E-state index in [9.17, 15) is 9.90 Å². The molecule has 0 radical (unpaired) electrons. The highest BCUT2D eigenvalue weighted by Crippen LogP contribution is 2.39. The van der Waals surface area contributed by atoms with Crippen LogP contribution in [0.25, 0.3) is 11.2 Å². The second-order valence-corrected chi connectivity index (χ2v) is 4.87. The molecule has 6 heteroatoms. The molecule has 1 unspecified atom stereocenters. The lowest BCUT2D eigenvalue weighted by Gasteiger charge is -2.31. The molecular weight excluding hydrogens is 256 g/mol. The molecule has 1 atom stereocenters. The standard InChI is InChI=1S/C14H14N4O2/c1-2-14(5-3-4-9(6-14)13(19)20)11-10-12(17-7-15-10)18-8-16-11/h3-5,7-8H,2,6H2,1H3,(H,19,20)(H,15,16,17,18). The topological polar surface area (TPSA) is 91.8 Å². The molecule has 2 N–H and O–H groups in total. The monoisotopic (exact) mass is 270 g/mol. The molecule has 20 heavy (non-hydrogen) atoms. The van der Waals surface area contributed by atoms with E-state index in [1.807, 2.05) is 13.0 Å². The Labute approximate surface area is 115 Å². The van der Waals surface area contributed by atoms with E-state index in [1.54, 1.807) is 18.5 Å². The number of hydrogen-bond donors (Lipinski definition) is 2. The Morgan fingerprint density at radius 2 is 2.30 bits per heavy atom. The first-order valence-corrected chi connectivity index (χ1v) is 6.42. The molecule has 0 aliphatic heterocycles. The van der Waals surface area contributed by atoms with Crippen LogP contribution >= 0.6 is 0 Å². The van der Waals surface area contributed by atoms with Crippen molar-refractivity contribution < 1.29 is 9.90 Å². The van der Waals surface area contributed by atoms with Crippen LogP contribution in [0.15, 0.2) is 36.5 Å². The lowest BCUT2D eigenvalue weighted by Crippen LogP contribution is -2.28. The van der Waals surface area contributed by atoms with Gasteiger partial charge in [-0.2, -0.15) is 0 Å². The number of imidazole rings is 1. The van der Waals surface area contributed by atoms with Crippen LogP contribution in [0.5, 0.6) is 0 Å². The molecule has 0 amide bonds. The Kier molecular flexibility index (Phi) is 2.85. The van der Waals surface area contributed by atoms with Crippen LogP contribution in [0.3, 0.4) is 0 Å². The van der Waals surface area contributed by atoms with E-state index in [-0.39, 0.29) is 0 Å². The lowest BCUT2D eigenvalue weighted by atomic mass is 9.73. The summed E-state index contributed by atoms with van der Waals surface area (Å²) in [6, 6.07) is 0. The number of nitrogens with one attached hydrogen (secondary N) is 1. The smallest absolute Gasteiger partial charge is 0.331 e. The predicted molar refractivity (Wildman–Crippen MR) is 73.1 cm³/mol. The van der Waals surface area contributed by atoms with Crippen LogP contribution in [0, 0.1) is 0 Å². The van der Waals surface area contributed by atoms with E-state index in [0.29, 0.717) is 17.6 Å². The highest BCUT2D eigenvalue weighted by atomic mass is 16.4. The van der Waals surface area contributed by atoms with Crippen LogP contribution in [-0.4, -0.2) is 31.0 Å². The summed E-state index contributed by atoms with van der Waals surface area (Å²) < 4.78 is 0. The number of aliphatic carboxylic acids is 1. The molecule has 0 saturated heterocycles. The van der Waals surface area contributed by atoms with Crippen molar-refractivity contribution in [3.8, 4) is 0 Å². The highest BCUT2D eigenvalue weighted by Gasteiger charge is 2.35. The molecule has 0 fully saturated rings. The Morgan fingerprint density at radius 3 is 3.05 bits per heavy atom. The average molecular weight is 270 g/mol.